The lowest BCUT2D eigenvalue weighted by atomic mass is 10.0. The van der Waals surface area contributed by atoms with Gasteiger partial charge >= 0.3 is 0 Å². The van der Waals surface area contributed by atoms with Gasteiger partial charge in [-0.25, -0.2) is 4.68 Å². The van der Waals surface area contributed by atoms with Crippen molar-refractivity contribution in [2.24, 2.45) is 0 Å². The summed E-state index contributed by atoms with van der Waals surface area (Å²) < 4.78 is 1.88. The van der Waals surface area contributed by atoms with Gasteiger partial charge in [-0.3, -0.25) is 4.79 Å². The Bertz CT molecular complexity index is 688. The lowest BCUT2D eigenvalue weighted by Crippen LogP contribution is -2.36. The third kappa shape index (κ3) is 3.79. The van der Waals surface area contributed by atoms with E-state index in [1.807, 2.05) is 16.8 Å². The molecule has 24 heavy (non-hydrogen) atoms. The summed E-state index contributed by atoms with van der Waals surface area (Å²) in [5, 5.41) is 10.9. The van der Waals surface area contributed by atoms with E-state index >= 15 is 0 Å². The maximum Gasteiger partial charge on any atom is 0.255 e. The van der Waals surface area contributed by atoms with Crippen LogP contribution in [0.3, 0.4) is 0 Å². The first-order valence-corrected chi connectivity index (χ1v) is 8.23. The molecule has 2 N–H and O–H groups in total. The first-order valence-electron chi connectivity index (χ1n) is 8.23. The van der Waals surface area contributed by atoms with Crippen LogP contribution in [0, 0.1) is 6.92 Å². The highest BCUT2D eigenvalue weighted by Crippen LogP contribution is 2.23. The van der Waals surface area contributed by atoms with E-state index < -0.39 is 0 Å². The van der Waals surface area contributed by atoms with Gasteiger partial charge in [-0.15, -0.1) is 12.4 Å². The first kappa shape index (κ1) is 18.5. The van der Waals surface area contributed by atoms with Crippen molar-refractivity contribution in [3.05, 3.63) is 47.3 Å². The molecule has 0 aliphatic carbocycles. The maximum atomic E-state index is 12.6. The summed E-state index contributed by atoms with van der Waals surface area (Å²) in [6.45, 7) is 8.05. The highest BCUT2D eigenvalue weighted by Gasteiger charge is 2.24. The minimum atomic E-state index is -0.0271. The van der Waals surface area contributed by atoms with E-state index in [4.69, 9.17) is 0 Å². The molecule has 1 aromatic carbocycles. The number of hydrogen-bond acceptors (Lipinski definition) is 3. The second kappa shape index (κ2) is 7.81. The second-order valence-corrected chi connectivity index (χ2v) is 6.51. The van der Waals surface area contributed by atoms with Gasteiger partial charge in [0.2, 0.25) is 0 Å². The molecule has 0 radical (unpaired) electrons. The zero-order chi connectivity index (χ0) is 16.4. The molecule has 1 amide bonds. The van der Waals surface area contributed by atoms with E-state index in [-0.39, 0.29) is 30.3 Å². The minimum Gasteiger partial charge on any atom is -0.348 e. The van der Waals surface area contributed by atoms with Gasteiger partial charge < -0.3 is 10.6 Å². The number of rotatable bonds is 4. The fourth-order valence-electron chi connectivity index (χ4n) is 3.02. The molecular formula is C18H25ClN4O. The van der Waals surface area contributed by atoms with Crippen molar-refractivity contribution in [2.45, 2.75) is 39.2 Å². The molecule has 130 valence electrons. The molecule has 1 saturated heterocycles. The number of nitrogens with one attached hydrogen (secondary N) is 2. The van der Waals surface area contributed by atoms with E-state index in [0.29, 0.717) is 5.56 Å². The molecule has 6 heteroatoms. The summed E-state index contributed by atoms with van der Waals surface area (Å²) >= 11 is 0. The summed E-state index contributed by atoms with van der Waals surface area (Å²) in [7, 11) is 0. The van der Waals surface area contributed by atoms with E-state index in [1.54, 1.807) is 6.20 Å². The summed E-state index contributed by atoms with van der Waals surface area (Å²) in [5.41, 5.74) is 3.82. The Morgan fingerprint density at radius 1 is 1.33 bits per heavy atom. The lowest BCUT2D eigenvalue weighted by Gasteiger charge is -2.15. The monoisotopic (exact) mass is 348 g/mol. The molecule has 1 aromatic heterocycles. The van der Waals surface area contributed by atoms with Crippen LogP contribution >= 0.6 is 12.4 Å². The molecule has 2 heterocycles. The van der Waals surface area contributed by atoms with Crippen LogP contribution in [0.25, 0.3) is 5.69 Å². The number of carbonyl (C=O) groups is 1. The Balaban J connectivity index is 0.00000208. The largest absolute Gasteiger partial charge is 0.348 e. The Morgan fingerprint density at radius 3 is 2.62 bits per heavy atom. The Hall–Kier alpha value is -1.85. The van der Waals surface area contributed by atoms with Crippen LogP contribution in [0.5, 0.6) is 0 Å². The average molecular weight is 349 g/mol. The van der Waals surface area contributed by atoms with Gasteiger partial charge in [0.25, 0.3) is 5.91 Å². The summed E-state index contributed by atoms with van der Waals surface area (Å²) in [4.78, 5) is 12.6. The van der Waals surface area contributed by atoms with Crippen LogP contribution < -0.4 is 10.6 Å². The maximum absolute atomic E-state index is 12.6. The predicted octanol–water partition coefficient (Wildman–Crippen LogP) is 2.82. The van der Waals surface area contributed by atoms with Crippen LogP contribution in [0.15, 0.2) is 30.5 Å². The smallest absolute Gasteiger partial charge is 0.255 e. The van der Waals surface area contributed by atoms with E-state index in [2.05, 4.69) is 48.6 Å². The molecule has 0 bridgehead atoms. The lowest BCUT2D eigenvalue weighted by molar-refractivity contribution is 0.0938. The van der Waals surface area contributed by atoms with Crippen LogP contribution in [0.2, 0.25) is 0 Å². The van der Waals surface area contributed by atoms with Crippen LogP contribution in [0.1, 0.15) is 47.8 Å². The van der Waals surface area contributed by atoms with Gasteiger partial charge in [0.15, 0.2) is 0 Å². The van der Waals surface area contributed by atoms with Gasteiger partial charge in [-0.2, -0.15) is 5.10 Å². The zero-order valence-electron chi connectivity index (χ0n) is 14.4. The summed E-state index contributed by atoms with van der Waals surface area (Å²) in [5.74, 6) is 0.182. The summed E-state index contributed by atoms with van der Waals surface area (Å²) in [6, 6.07) is 8.41. The van der Waals surface area contributed by atoms with E-state index in [0.717, 1.165) is 30.9 Å². The minimum absolute atomic E-state index is 0. The number of halogens is 1. The highest BCUT2D eigenvalue weighted by molar-refractivity contribution is 5.95. The molecule has 0 spiro atoms. The molecule has 1 fully saturated rings. The fourth-order valence-corrected chi connectivity index (χ4v) is 3.02. The quantitative estimate of drug-likeness (QED) is 0.893. The molecule has 5 nitrogen and oxygen atoms in total. The normalized spacial score (nSPS) is 16.9. The molecule has 1 aliphatic rings. The third-order valence-electron chi connectivity index (χ3n) is 4.27. The molecular weight excluding hydrogens is 324 g/mol. The van der Waals surface area contributed by atoms with E-state index in [1.165, 1.54) is 5.56 Å². The van der Waals surface area contributed by atoms with Crippen LogP contribution in [-0.4, -0.2) is 34.8 Å². The number of aryl methyl sites for hydroxylation is 1. The van der Waals surface area contributed by atoms with Crippen molar-refractivity contribution in [2.75, 3.05) is 13.1 Å². The molecule has 2 aromatic rings. The first-order chi connectivity index (χ1) is 11.1. The van der Waals surface area contributed by atoms with Gasteiger partial charge in [-0.1, -0.05) is 31.5 Å². The average Bonchev–Trinajstić information content (AvgIpc) is 3.16. The van der Waals surface area contributed by atoms with Crippen LogP contribution in [-0.2, 0) is 0 Å². The number of hydrogen-bond donors (Lipinski definition) is 2. The van der Waals surface area contributed by atoms with Gasteiger partial charge in [0.05, 0.1) is 23.1 Å². The van der Waals surface area contributed by atoms with Gasteiger partial charge in [0.1, 0.15) is 0 Å². The van der Waals surface area contributed by atoms with E-state index in [9.17, 15) is 4.79 Å². The van der Waals surface area contributed by atoms with Crippen molar-refractivity contribution in [1.29, 1.82) is 0 Å². The van der Waals surface area contributed by atoms with Gasteiger partial charge in [-0.05, 0) is 37.9 Å². The fraction of sp³-hybridized carbons (Fsp3) is 0.444. The third-order valence-corrected chi connectivity index (χ3v) is 4.27. The van der Waals surface area contributed by atoms with Gasteiger partial charge in [0, 0.05) is 12.6 Å². The Morgan fingerprint density at radius 2 is 2.04 bits per heavy atom. The predicted molar refractivity (Wildman–Crippen MR) is 98.4 cm³/mol. The highest BCUT2D eigenvalue weighted by atomic mass is 35.5. The molecule has 0 saturated carbocycles. The number of amides is 1. The van der Waals surface area contributed by atoms with Crippen molar-refractivity contribution in [3.8, 4) is 5.69 Å². The Labute approximate surface area is 149 Å². The Kier molecular flexibility index (Phi) is 6.02. The topological polar surface area (TPSA) is 59.0 Å². The zero-order valence-corrected chi connectivity index (χ0v) is 15.2. The molecule has 3 rings (SSSR count). The van der Waals surface area contributed by atoms with Crippen molar-refractivity contribution >= 4 is 18.3 Å². The van der Waals surface area contributed by atoms with Crippen molar-refractivity contribution < 1.29 is 4.79 Å². The standard InChI is InChI=1S/C18H24N4O.ClH/c1-12(2)17-16(18(23)21-14-8-9-19-10-14)11-20-22(17)15-6-4-13(3)5-7-15;/h4-7,11-12,14,19H,8-10H2,1-3H3,(H,21,23);1H. The second-order valence-electron chi connectivity index (χ2n) is 6.51. The number of nitrogens with zero attached hydrogens (tertiary/aromatic N) is 2. The number of aromatic nitrogens is 2. The number of carbonyl (C=O) groups excluding carboxylic acids is 1. The van der Waals surface area contributed by atoms with Crippen molar-refractivity contribution in [3.63, 3.8) is 0 Å². The summed E-state index contributed by atoms with van der Waals surface area (Å²) in [6.07, 6.45) is 2.67. The molecule has 1 atom stereocenters. The SMILES string of the molecule is Cc1ccc(-n2ncc(C(=O)NC3CCNC3)c2C(C)C)cc1.Cl. The molecule has 1 aliphatic heterocycles. The van der Waals surface area contributed by atoms with Crippen LogP contribution in [0.4, 0.5) is 0 Å². The number of benzene rings is 1. The van der Waals surface area contributed by atoms with Crippen molar-refractivity contribution in [1.82, 2.24) is 20.4 Å². The molecule has 1 unspecified atom stereocenters.